The first-order valence-electron chi connectivity index (χ1n) is 10.1. The second-order valence-corrected chi connectivity index (χ2v) is 8.32. The van der Waals surface area contributed by atoms with E-state index in [1.165, 1.54) is 24.5 Å². The maximum Gasteiger partial charge on any atom is 0.318 e. The van der Waals surface area contributed by atoms with Crippen LogP contribution in [0.2, 0.25) is 0 Å². The molecule has 0 fully saturated rings. The minimum absolute atomic E-state index is 0.163. The summed E-state index contributed by atoms with van der Waals surface area (Å²) in [5.41, 5.74) is 0.935. The van der Waals surface area contributed by atoms with Gasteiger partial charge in [0, 0.05) is 6.07 Å². The number of hydrogen-bond donors (Lipinski definition) is 0. The average molecular weight is 490 g/mol. The van der Waals surface area contributed by atoms with Crippen LogP contribution in [-0.2, 0) is 0 Å². The molecule has 174 valence electrons. The molecule has 3 aromatic carbocycles. The van der Waals surface area contributed by atoms with E-state index >= 15 is 0 Å². The van der Waals surface area contributed by atoms with E-state index in [0.29, 0.717) is 15.1 Å². The molecule has 35 heavy (non-hydrogen) atoms. The van der Waals surface area contributed by atoms with E-state index in [2.05, 4.69) is 4.98 Å². The summed E-state index contributed by atoms with van der Waals surface area (Å²) >= 11 is 1.26. The highest BCUT2D eigenvalue weighted by molar-refractivity contribution is 7.15. The summed E-state index contributed by atoms with van der Waals surface area (Å²) in [6.45, 7) is 0. The zero-order valence-electron chi connectivity index (χ0n) is 17.9. The van der Waals surface area contributed by atoms with Crippen molar-refractivity contribution in [3.05, 3.63) is 101 Å². The number of hydrogen-bond acceptors (Lipinski definition) is 9. The Bertz CT molecular complexity index is 1760. The zero-order valence-corrected chi connectivity index (χ0v) is 18.7. The van der Waals surface area contributed by atoms with E-state index in [4.69, 9.17) is 9.47 Å². The second-order valence-electron chi connectivity index (χ2n) is 7.31. The van der Waals surface area contributed by atoms with Crippen molar-refractivity contribution in [1.29, 1.82) is 0 Å². The normalized spacial score (nSPS) is 11.7. The summed E-state index contributed by atoms with van der Waals surface area (Å²) < 4.78 is 13.1. The van der Waals surface area contributed by atoms with E-state index in [-0.39, 0.29) is 22.8 Å². The van der Waals surface area contributed by atoms with E-state index < -0.39 is 21.2 Å². The molecule has 5 rings (SSSR count). The highest BCUT2D eigenvalue weighted by Gasteiger charge is 2.22. The van der Waals surface area contributed by atoms with Gasteiger partial charge in [0.2, 0.25) is 5.75 Å². The molecule has 2 aromatic heterocycles. The molecule has 0 atom stereocenters. The molecule has 0 aliphatic rings. The quantitative estimate of drug-likeness (QED) is 0.256. The summed E-state index contributed by atoms with van der Waals surface area (Å²) in [7, 11) is 1.40. The number of methoxy groups -OCH3 is 1. The van der Waals surface area contributed by atoms with Gasteiger partial charge in [-0.05, 0) is 42.0 Å². The molecule has 0 aliphatic heterocycles. The molecule has 0 unspecified atom stereocenters. The first kappa shape index (κ1) is 22.0. The van der Waals surface area contributed by atoms with Crippen molar-refractivity contribution in [2.24, 2.45) is 0 Å². The summed E-state index contributed by atoms with van der Waals surface area (Å²) in [6.07, 6.45) is 1.69. The molecule has 0 saturated carbocycles. The molecule has 0 N–H and O–H groups in total. The second kappa shape index (κ2) is 8.50. The van der Waals surface area contributed by atoms with Gasteiger partial charge < -0.3 is 9.47 Å². The Balaban J connectivity index is 1.53. The van der Waals surface area contributed by atoms with E-state index in [9.17, 15) is 25.0 Å². The lowest BCUT2D eigenvalue weighted by Crippen LogP contribution is -2.22. The Kier molecular flexibility index (Phi) is 5.34. The van der Waals surface area contributed by atoms with Gasteiger partial charge >= 0.3 is 5.69 Å². The zero-order chi connectivity index (χ0) is 24.7. The fourth-order valence-electron chi connectivity index (χ4n) is 3.59. The van der Waals surface area contributed by atoms with Crippen LogP contribution in [0.3, 0.4) is 0 Å². The van der Waals surface area contributed by atoms with Crippen LogP contribution in [0.4, 0.5) is 11.4 Å². The first-order valence-corrected chi connectivity index (χ1v) is 10.9. The van der Waals surface area contributed by atoms with Crippen LogP contribution in [0.15, 0.2) is 65.5 Å². The van der Waals surface area contributed by atoms with E-state index in [0.717, 1.165) is 29.2 Å². The number of nitrogens with zero attached hydrogens (tertiary/aromatic N) is 4. The molecule has 2 heterocycles. The lowest BCUT2D eigenvalue weighted by molar-refractivity contribution is -0.394. The number of aromatic nitrogens is 2. The van der Waals surface area contributed by atoms with Crippen molar-refractivity contribution >= 4 is 44.8 Å². The number of nitro groups is 2. The van der Waals surface area contributed by atoms with Crippen LogP contribution in [0.1, 0.15) is 5.56 Å². The van der Waals surface area contributed by atoms with E-state index in [1.807, 2.05) is 24.3 Å². The van der Waals surface area contributed by atoms with Crippen LogP contribution >= 0.6 is 11.3 Å². The molecule has 11 nitrogen and oxygen atoms in total. The topological polar surface area (TPSA) is 139 Å². The van der Waals surface area contributed by atoms with Crippen LogP contribution < -0.4 is 19.6 Å². The summed E-state index contributed by atoms with van der Waals surface area (Å²) in [5.74, 6) is 0.241. The number of thiazole rings is 1. The SMILES string of the molecule is COc1cc(C=c2sc3nc4ccccc4n3c2=O)ccc1Oc1ccc([N+](=O)[O-])cc1[N+](=O)[O-]. The number of para-hydroxylation sites is 2. The van der Waals surface area contributed by atoms with Crippen molar-refractivity contribution in [1.82, 2.24) is 9.38 Å². The van der Waals surface area contributed by atoms with Gasteiger partial charge in [0.25, 0.3) is 11.2 Å². The summed E-state index contributed by atoms with van der Waals surface area (Å²) in [4.78, 5) is 38.9. The third-order valence-electron chi connectivity index (χ3n) is 5.20. The lowest BCUT2D eigenvalue weighted by Gasteiger charge is -2.11. The van der Waals surface area contributed by atoms with Crippen LogP contribution in [0.25, 0.3) is 22.1 Å². The highest BCUT2D eigenvalue weighted by Crippen LogP contribution is 2.38. The number of non-ortho nitro benzene ring substituents is 1. The van der Waals surface area contributed by atoms with Gasteiger partial charge in [0.05, 0.1) is 38.6 Å². The Morgan fingerprint density at radius 1 is 0.971 bits per heavy atom. The molecule has 0 bridgehead atoms. The number of imidazole rings is 1. The molecular weight excluding hydrogens is 476 g/mol. The van der Waals surface area contributed by atoms with Gasteiger partial charge in [0.1, 0.15) is 0 Å². The molecule has 0 aliphatic carbocycles. The minimum atomic E-state index is -0.760. The summed E-state index contributed by atoms with van der Waals surface area (Å²) in [5, 5.41) is 22.3. The summed E-state index contributed by atoms with van der Waals surface area (Å²) in [6, 6.07) is 15.3. The standard InChI is InChI=1S/C23H14N4O7S/c1-33-20-10-13(11-21-22(28)25-16-5-3-2-4-15(16)24-23(25)35-21)6-8-19(20)34-18-9-7-14(26(29)30)12-17(18)27(31)32/h2-12H,1H3. The maximum atomic E-state index is 13.0. The molecule has 5 aromatic rings. The van der Waals surface area contributed by atoms with Crippen molar-refractivity contribution in [3.8, 4) is 17.2 Å². The average Bonchev–Trinajstić information content (AvgIpc) is 3.35. The first-order chi connectivity index (χ1) is 16.9. The largest absolute Gasteiger partial charge is 0.493 e. The molecule has 0 radical (unpaired) electrons. The van der Waals surface area contributed by atoms with Crippen LogP contribution in [0.5, 0.6) is 17.2 Å². The van der Waals surface area contributed by atoms with Gasteiger partial charge in [-0.1, -0.05) is 29.5 Å². The molecule has 0 spiro atoms. The molecule has 0 saturated heterocycles. The highest BCUT2D eigenvalue weighted by atomic mass is 32.1. The number of benzene rings is 3. The third-order valence-corrected chi connectivity index (χ3v) is 6.17. The van der Waals surface area contributed by atoms with Gasteiger partial charge in [0.15, 0.2) is 16.5 Å². The molecule has 0 amide bonds. The Labute approximate surface area is 199 Å². The molecular formula is C23H14N4O7S. The van der Waals surface area contributed by atoms with Crippen molar-refractivity contribution in [2.75, 3.05) is 7.11 Å². The minimum Gasteiger partial charge on any atom is -0.493 e. The Hall–Kier alpha value is -4.84. The molecule has 12 heteroatoms. The number of ether oxygens (including phenoxy) is 2. The van der Waals surface area contributed by atoms with Gasteiger partial charge in [-0.3, -0.25) is 25.0 Å². The van der Waals surface area contributed by atoms with Crippen molar-refractivity contribution in [3.63, 3.8) is 0 Å². The number of rotatable bonds is 6. The van der Waals surface area contributed by atoms with Crippen molar-refractivity contribution < 1.29 is 19.3 Å². The fraction of sp³-hybridized carbons (Fsp3) is 0.0435. The Morgan fingerprint density at radius 3 is 2.49 bits per heavy atom. The third kappa shape index (κ3) is 3.91. The number of fused-ring (bicyclic) bond motifs is 3. The van der Waals surface area contributed by atoms with Gasteiger partial charge in [-0.25, -0.2) is 9.38 Å². The lowest BCUT2D eigenvalue weighted by atomic mass is 10.2. The smallest absolute Gasteiger partial charge is 0.318 e. The fourth-order valence-corrected chi connectivity index (χ4v) is 4.58. The Morgan fingerprint density at radius 2 is 1.74 bits per heavy atom. The maximum absolute atomic E-state index is 13.0. The van der Waals surface area contributed by atoms with Gasteiger partial charge in [-0.15, -0.1) is 0 Å². The predicted octanol–water partition coefficient (Wildman–Crippen LogP) is 4.07. The van der Waals surface area contributed by atoms with Crippen LogP contribution in [-0.4, -0.2) is 26.3 Å². The monoisotopic (exact) mass is 490 g/mol. The number of nitro benzene ring substituents is 2. The van der Waals surface area contributed by atoms with Gasteiger partial charge in [-0.2, -0.15) is 0 Å². The van der Waals surface area contributed by atoms with E-state index in [1.54, 1.807) is 22.6 Å². The van der Waals surface area contributed by atoms with Crippen LogP contribution in [0, 0.1) is 20.2 Å². The predicted molar refractivity (Wildman–Crippen MR) is 128 cm³/mol. The van der Waals surface area contributed by atoms with Crippen molar-refractivity contribution in [2.45, 2.75) is 0 Å².